The molecule has 1 aliphatic heterocycles. The molecule has 0 spiro atoms. The highest BCUT2D eigenvalue weighted by atomic mass is 32.1. The van der Waals surface area contributed by atoms with Gasteiger partial charge in [-0.25, -0.2) is 9.78 Å². The SMILES string of the molecule is Cc1nc(CC(=O)N2CCOC[C@H]2C(=O)O)cs1. The summed E-state index contributed by atoms with van der Waals surface area (Å²) in [5, 5.41) is 11.8. The number of morpholine rings is 1. The maximum atomic E-state index is 12.1. The third kappa shape index (κ3) is 2.85. The number of thiazole rings is 1. The van der Waals surface area contributed by atoms with Gasteiger partial charge in [-0.05, 0) is 6.92 Å². The molecule has 2 heterocycles. The highest BCUT2D eigenvalue weighted by Gasteiger charge is 2.32. The van der Waals surface area contributed by atoms with E-state index in [-0.39, 0.29) is 18.9 Å². The second kappa shape index (κ2) is 5.45. The minimum Gasteiger partial charge on any atom is -0.480 e. The summed E-state index contributed by atoms with van der Waals surface area (Å²) in [6, 6.07) is -0.883. The van der Waals surface area contributed by atoms with Crippen LogP contribution in [0.3, 0.4) is 0 Å². The summed E-state index contributed by atoms with van der Waals surface area (Å²) < 4.78 is 5.09. The molecule has 1 aliphatic rings. The Labute approximate surface area is 108 Å². The Morgan fingerprint density at radius 3 is 3.06 bits per heavy atom. The molecule has 0 bridgehead atoms. The number of carboxylic acids is 1. The third-order valence-corrected chi connectivity index (χ3v) is 3.56. The zero-order chi connectivity index (χ0) is 13.1. The molecule has 1 N–H and O–H groups in total. The first-order valence-corrected chi connectivity index (χ1v) is 6.47. The zero-order valence-corrected chi connectivity index (χ0v) is 10.8. The second-order valence-electron chi connectivity index (χ2n) is 4.05. The molecule has 0 radical (unpaired) electrons. The molecule has 1 saturated heterocycles. The Balaban J connectivity index is 2.04. The molecule has 7 heteroatoms. The number of amides is 1. The van der Waals surface area contributed by atoms with E-state index in [4.69, 9.17) is 9.84 Å². The van der Waals surface area contributed by atoms with Gasteiger partial charge in [-0.1, -0.05) is 0 Å². The first-order chi connectivity index (χ1) is 8.58. The average Bonchev–Trinajstić information content (AvgIpc) is 2.74. The van der Waals surface area contributed by atoms with E-state index in [1.54, 1.807) is 0 Å². The number of hydrogen-bond acceptors (Lipinski definition) is 5. The van der Waals surface area contributed by atoms with E-state index in [2.05, 4.69) is 4.98 Å². The van der Waals surface area contributed by atoms with Crippen molar-refractivity contribution in [3.05, 3.63) is 16.1 Å². The fourth-order valence-electron chi connectivity index (χ4n) is 1.85. The van der Waals surface area contributed by atoms with Crippen LogP contribution in [-0.2, 0) is 20.7 Å². The summed E-state index contributed by atoms with van der Waals surface area (Å²) in [5.41, 5.74) is 0.693. The summed E-state index contributed by atoms with van der Waals surface area (Å²) in [5.74, 6) is -1.24. The Hall–Kier alpha value is -1.47. The zero-order valence-electron chi connectivity index (χ0n) is 9.96. The maximum Gasteiger partial charge on any atom is 0.328 e. The maximum absolute atomic E-state index is 12.1. The first-order valence-electron chi connectivity index (χ1n) is 5.59. The molecule has 1 atom stereocenters. The summed E-state index contributed by atoms with van der Waals surface area (Å²) in [4.78, 5) is 28.7. The molecule has 1 aromatic rings. The Morgan fingerprint density at radius 2 is 2.44 bits per heavy atom. The van der Waals surface area contributed by atoms with Crippen LogP contribution in [0.1, 0.15) is 10.7 Å². The fourth-order valence-corrected chi connectivity index (χ4v) is 2.47. The van der Waals surface area contributed by atoms with Crippen molar-refractivity contribution in [2.75, 3.05) is 19.8 Å². The summed E-state index contributed by atoms with van der Waals surface area (Å²) >= 11 is 1.48. The predicted molar refractivity (Wildman–Crippen MR) is 64.5 cm³/mol. The average molecular weight is 270 g/mol. The number of carbonyl (C=O) groups excluding carboxylic acids is 1. The van der Waals surface area contributed by atoms with Crippen LogP contribution in [-0.4, -0.2) is 52.7 Å². The lowest BCUT2D eigenvalue weighted by molar-refractivity contribution is -0.158. The number of aryl methyl sites for hydroxylation is 1. The van der Waals surface area contributed by atoms with Crippen LogP contribution < -0.4 is 0 Å². The summed E-state index contributed by atoms with van der Waals surface area (Å²) in [6.45, 7) is 2.62. The molecule has 98 valence electrons. The standard InChI is InChI=1S/C11H14N2O4S/c1-7-12-8(6-18-7)4-10(14)13-2-3-17-5-9(13)11(15)16/h6,9H,2-5H2,1H3,(H,15,16)/t9-/m0/s1. The van der Waals surface area contributed by atoms with Crippen molar-refractivity contribution in [2.24, 2.45) is 0 Å². The predicted octanol–water partition coefficient (Wildman–Crippen LogP) is 0.306. The van der Waals surface area contributed by atoms with E-state index in [9.17, 15) is 9.59 Å². The van der Waals surface area contributed by atoms with Gasteiger partial charge in [-0.2, -0.15) is 0 Å². The molecule has 2 rings (SSSR count). The van der Waals surface area contributed by atoms with Gasteiger partial charge in [0.25, 0.3) is 0 Å². The van der Waals surface area contributed by atoms with E-state index < -0.39 is 12.0 Å². The van der Waals surface area contributed by atoms with Gasteiger partial charge in [0, 0.05) is 11.9 Å². The Bertz CT molecular complexity index is 460. The van der Waals surface area contributed by atoms with E-state index in [0.29, 0.717) is 18.8 Å². The van der Waals surface area contributed by atoms with Crippen LogP contribution in [0.15, 0.2) is 5.38 Å². The number of aromatic nitrogens is 1. The topological polar surface area (TPSA) is 79.7 Å². The van der Waals surface area contributed by atoms with Crippen LogP contribution in [0.4, 0.5) is 0 Å². The molecule has 0 saturated carbocycles. The number of nitrogens with zero attached hydrogens (tertiary/aromatic N) is 2. The van der Waals surface area contributed by atoms with Crippen LogP contribution in [0.5, 0.6) is 0 Å². The fraction of sp³-hybridized carbons (Fsp3) is 0.545. The van der Waals surface area contributed by atoms with Crippen LogP contribution in [0.2, 0.25) is 0 Å². The highest BCUT2D eigenvalue weighted by molar-refractivity contribution is 7.09. The first kappa shape index (κ1) is 13.0. The lowest BCUT2D eigenvalue weighted by Crippen LogP contribution is -2.53. The van der Waals surface area contributed by atoms with E-state index >= 15 is 0 Å². The van der Waals surface area contributed by atoms with Gasteiger partial charge in [0.15, 0.2) is 6.04 Å². The summed E-state index contributed by atoms with van der Waals surface area (Å²) in [6.07, 6.45) is 0.147. The van der Waals surface area contributed by atoms with Crippen molar-refractivity contribution >= 4 is 23.2 Å². The number of carboxylic acid groups (broad SMARTS) is 1. The Kier molecular flexibility index (Phi) is 3.93. The van der Waals surface area contributed by atoms with Gasteiger partial charge in [0.05, 0.1) is 30.3 Å². The highest BCUT2D eigenvalue weighted by Crippen LogP contribution is 2.13. The number of hydrogen-bond donors (Lipinski definition) is 1. The third-order valence-electron chi connectivity index (χ3n) is 2.73. The smallest absolute Gasteiger partial charge is 0.328 e. The summed E-state index contributed by atoms with van der Waals surface area (Å²) in [7, 11) is 0. The van der Waals surface area contributed by atoms with Gasteiger partial charge in [-0.15, -0.1) is 11.3 Å². The van der Waals surface area contributed by atoms with Crippen molar-refractivity contribution < 1.29 is 19.4 Å². The minimum absolute atomic E-state index is 0.0527. The van der Waals surface area contributed by atoms with E-state index in [0.717, 1.165) is 5.01 Å². The molecule has 18 heavy (non-hydrogen) atoms. The van der Waals surface area contributed by atoms with E-state index in [1.165, 1.54) is 16.2 Å². The van der Waals surface area contributed by atoms with Crippen LogP contribution >= 0.6 is 11.3 Å². The van der Waals surface area contributed by atoms with Crippen molar-refractivity contribution in [1.29, 1.82) is 0 Å². The molecular weight excluding hydrogens is 256 g/mol. The van der Waals surface area contributed by atoms with Gasteiger partial charge < -0.3 is 14.7 Å². The van der Waals surface area contributed by atoms with Crippen molar-refractivity contribution in [3.63, 3.8) is 0 Å². The van der Waals surface area contributed by atoms with Gasteiger partial charge in [-0.3, -0.25) is 4.79 Å². The number of carbonyl (C=O) groups is 2. The second-order valence-corrected chi connectivity index (χ2v) is 5.11. The van der Waals surface area contributed by atoms with Crippen molar-refractivity contribution in [2.45, 2.75) is 19.4 Å². The normalized spacial score (nSPS) is 19.8. The van der Waals surface area contributed by atoms with Crippen LogP contribution in [0.25, 0.3) is 0 Å². The van der Waals surface area contributed by atoms with Crippen molar-refractivity contribution in [1.82, 2.24) is 9.88 Å². The number of rotatable bonds is 3. The molecule has 6 nitrogen and oxygen atoms in total. The molecule has 1 aromatic heterocycles. The monoisotopic (exact) mass is 270 g/mol. The molecular formula is C11H14N2O4S. The lowest BCUT2D eigenvalue weighted by Gasteiger charge is -2.32. The lowest BCUT2D eigenvalue weighted by atomic mass is 10.2. The molecule has 0 aromatic carbocycles. The van der Waals surface area contributed by atoms with E-state index in [1.807, 2.05) is 12.3 Å². The molecule has 1 fully saturated rings. The largest absolute Gasteiger partial charge is 0.480 e. The van der Waals surface area contributed by atoms with Crippen LogP contribution in [0, 0.1) is 6.92 Å². The molecule has 0 unspecified atom stereocenters. The quantitative estimate of drug-likeness (QED) is 0.855. The minimum atomic E-state index is -1.03. The number of aliphatic carboxylic acids is 1. The number of ether oxygens (including phenoxy) is 1. The Morgan fingerprint density at radius 1 is 1.67 bits per heavy atom. The van der Waals surface area contributed by atoms with Gasteiger partial charge in [0.2, 0.25) is 5.91 Å². The van der Waals surface area contributed by atoms with Gasteiger partial charge >= 0.3 is 5.97 Å². The van der Waals surface area contributed by atoms with Crippen molar-refractivity contribution in [3.8, 4) is 0 Å². The molecule has 0 aliphatic carbocycles. The molecule has 1 amide bonds. The van der Waals surface area contributed by atoms with Gasteiger partial charge in [0.1, 0.15) is 0 Å².